The highest BCUT2D eigenvalue weighted by Crippen LogP contribution is 2.38. The van der Waals surface area contributed by atoms with E-state index in [9.17, 15) is 14.4 Å². The molecule has 2 aromatic rings. The van der Waals surface area contributed by atoms with E-state index in [0.29, 0.717) is 43.9 Å². The third-order valence-corrected chi connectivity index (χ3v) is 7.99. The molecule has 0 bridgehead atoms. The summed E-state index contributed by atoms with van der Waals surface area (Å²) in [6.45, 7) is 8.39. The van der Waals surface area contributed by atoms with Crippen molar-refractivity contribution in [2.24, 2.45) is 0 Å². The number of imide groups is 1. The van der Waals surface area contributed by atoms with Crippen molar-refractivity contribution in [1.82, 2.24) is 24.7 Å². The van der Waals surface area contributed by atoms with E-state index in [2.05, 4.69) is 19.8 Å². The SMILES string of the molecule is COc1c(N2CCC(=O)NC2=O)cnc2c1ccn2C1CCN(CC2(F)CCN(C(=O)OC(C)(C)C)CC2)CC1. The van der Waals surface area contributed by atoms with Gasteiger partial charge in [-0.05, 0) is 39.7 Å². The number of fused-ring (bicyclic) bond motifs is 1. The molecule has 3 aliphatic heterocycles. The van der Waals surface area contributed by atoms with Gasteiger partial charge in [0.25, 0.3) is 0 Å². The second kappa shape index (κ2) is 10.9. The predicted molar refractivity (Wildman–Crippen MR) is 147 cm³/mol. The molecule has 0 aromatic carbocycles. The third kappa shape index (κ3) is 5.86. The molecule has 218 valence electrons. The molecule has 0 aliphatic carbocycles. The first-order valence-electron chi connectivity index (χ1n) is 14.0. The second-order valence-electron chi connectivity index (χ2n) is 12.0. The average Bonchev–Trinajstić information content (AvgIpc) is 3.32. The molecule has 2 aromatic heterocycles. The van der Waals surface area contributed by atoms with Gasteiger partial charge in [-0.2, -0.15) is 0 Å². The van der Waals surface area contributed by atoms with Crippen LogP contribution < -0.4 is 15.0 Å². The minimum atomic E-state index is -1.32. The number of hydrogen-bond acceptors (Lipinski definition) is 7. The smallest absolute Gasteiger partial charge is 0.410 e. The first kappa shape index (κ1) is 28.1. The number of halogens is 1. The standard InChI is InChI=1S/C28H39FN6O5/c1-27(2,3)40-26(38)33-15-9-28(29,10-16-33)18-32-11-5-19(6-12-32)34-13-7-20-23(39-4)21(17-30-24(20)34)35-14-8-22(36)31-25(35)37/h7,13,17,19H,5-6,8-12,14-16,18H2,1-4H3,(H,31,36,37). The number of likely N-dealkylation sites (tertiary alicyclic amines) is 2. The Balaban J connectivity index is 1.20. The number of aromatic nitrogens is 2. The van der Waals surface area contributed by atoms with Gasteiger partial charge in [-0.25, -0.2) is 19.0 Å². The maximum absolute atomic E-state index is 15.7. The summed E-state index contributed by atoms with van der Waals surface area (Å²) in [7, 11) is 1.56. The van der Waals surface area contributed by atoms with Gasteiger partial charge in [0.2, 0.25) is 5.91 Å². The van der Waals surface area contributed by atoms with E-state index in [1.807, 2.05) is 33.0 Å². The topological polar surface area (TPSA) is 109 Å². The summed E-state index contributed by atoms with van der Waals surface area (Å²) in [5.74, 6) is 0.250. The summed E-state index contributed by atoms with van der Waals surface area (Å²) < 4.78 is 29.0. The highest BCUT2D eigenvalue weighted by Gasteiger charge is 2.39. The van der Waals surface area contributed by atoms with E-state index in [4.69, 9.17) is 9.47 Å². The van der Waals surface area contributed by atoms with Gasteiger partial charge < -0.3 is 23.8 Å². The lowest BCUT2D eigenvalue weighted by molar-refractivity contribution is -0.120. The number of anilines is 1. The largest absolute Gasteiger partial charge is 0.494 e. The van der Waals surface area contributed by atoms with Gasteiger partial charge in [0.05, 0.1) is 18.7 Å². The van der Waals surface area contributed by atoms with Crippen LogP contribution in [0.25, 0.3) is 11.0 Å². The Kier molecular flexibility index (Phi) is 7.64. The van der Waals surface area contributed by atoms with Crippen molar-refractivity contribution < 1.29 is 28.2 Å². The molecule has 0 spiro atoms. The van der Waals surface area contributed by atoms with Crippen molar-refractivity contribution in [3.63, 3.8) is 0 Å². The summed E-state index contributed by atoms with van der Waals surface area (Å²) >= 11 is 0. The molecule has 0 unspecified atom stereocenters. The molecule has 11 nitrogen and oxygen atoms in total. The zero-order valence-electron chi connectivity index (χ0n) is 23.7. The number of carbonyl (C=O) groups is 3. The average molecular weight is 559 g/mol. The van der Waals surface area contributed by atoms with Crippen molar-refractivity contribution >= 4 is 34.8 Å². The van der Waals surface area contributed by atoms with Crippen LogP contribution in [0.1, 0.15) is 58.9 Å². The van der Waals surface area contributed by atoms with E-state index in [1.165, 1.54) is 4.90 Å². The minimum Gasteiger partial charge on any atom is -0.494 e. The van der Waals surface area contributed by atoms with Gasteiger partial charge in [0.15, 0.2) is 5.75 Å². The minimum absolute atomic E-state index is 0.206. The summed E-state index contributed by atoms with van der Waals surface area (Å²) in [5, 5.41) is 3.14. The number of urea groups is 1. The van der Waals surface area contributed by atoms with Gasteiger partial charge in [0.1, 0.15) is 22.6 Å². The number of methoxy groups -OCH3 is 1. The van der Waals surface area contributed by atoms with E-state index < -0.39 is 17.3 Å². The van der Waals surface area contributed by atoms with Gasteiger partial charge >= 0.3 is 12.1 Å². The van der Waals surface area contributed by atoms with E-state index in [0.717, 1.165) is 37.0 Å². The Morgan fingerprint density at radius 3 is 2.48 bits per heavy atom. The van der Waals surface area contributed by atoms with Gasteiger partial charge in [-0.3, -0.25) is 15.0 Å². The van der Waals surface area contributed by atoms with Crippen LogP contribution in [0.15, 0.2) is 18.5 Å². The molecule has 1 N–H and O–H groups in total. The highest BCUT2D eigenvalue weighted by molar-refractivity contribution is 6.07. The summed E-state index contributed by atoms with van der Waals surface area (Å²) in [4.78, 5) is 46.3. The molecule has 40 heavy (non-hydrogen) atoms. The monoisotopic (exact) mass is 558 g/mol. The summed E-state index contributed by atoms with van der Waals surface area (Å²) in [6.07, 6.45) is 5.78. The molecule has 4 amide bonds. The number of nitrogens with one attached hydrogen (secondary N) is 1. The third-order valence-electron chi connectivity index (χ3n) is 7.99. The number of alkyl halides is 1. The lowest BCUT2D eigenvalue weighted by Gasteiger charge is -2.41. The van der Waals surface area contributed by atoms with Crippen molar-refractivity contribution in [2.75, 3.05) is 51.3 Å². The molecular formula is C28H39FN6O5. The highest BCUT2D eigenvalue weighted by atomic mass is 19.1. The fourth-order valence-corrected chi connectivity index (χ4v) is 5.90. The Labute approximate surface area is 233 Å². The van der Waals surface area contributed by atoms with Crippen LogP contribution in [0, 0.1) is 0 Å². The molecular weight excluding hydrogens is 519 g/mol. The summed E-state index contributed by atoms with van der Waals surface area (Å²) in [6, 6.07) is 1.67. The number of pyridine rings is 1. The van der Waals surface area contributed by atoms with Gasteiger partial charge in [-0.15, -0.1) is 0 Å². The van der Waals surface area contributed by atoms with Crippen LogP contribution in [0.2, 0.25) is 0 Å². The van der Waals surface area contributed by atoms with Gasteiger partial charge in [-0.1, -0.05) is 0 Å². The number of carbonyl (C=O) groups excluding carboxylic acids is 3. The molecule has 5 heterocycles. The molecule has 0 atom stereocenters. The number of rotatable bonds is 5. The van der Waals surface area contributed by atoms with E-state index in [-0.39, 0.29) is 31.0 Å². The number of ether oxygens (including phenoxy) is 2. The first-order chi connectivity index (χ1) is 19.0. The number of piperidine rings is 2. The van der Waals surface area contributed by atoms with Crippen LogP contribution in [0.4, 0.5) is 19.7 Å². The van der Waals surface area contributed by atoms with Crippen LogP contribution >= 0.6 is 0 Å². The molecule has 0 saturated carbocycles. The quantitative estimate of drug-likeness (QED) is 0.594. The number of amides is 4. The summed E-state index contributed by atoms with van der Waals surface area (Å²) in [5.41, 5.74) is -0.588. The normalized spacial score (nSPS) is 21.0. The lowest BCUT2D eigenvalue weighted by atomic mass is 9.91. The second-order valence-corrected chi connectivity index (χ2v) is 12.0. The van der Waals surface area contributed by atoms with Crippen LogP contribution in [-0.2, 0) is 9.53 Å². The predicted octanol–water partition coefficient (Wildman–Crippen LogP) is 3.87. The zero-order chi connectivity index (χ0) is 28.7. The Morgan fingerprint density at radius 2 is 1.85 bits per heavy atom. The van der Waals surface area contributed by atoms with Crippen molar-refractivity contribution in [1.29, 1.82) is 0 Å². The fourth-order valence-electron chi connectivity index (χ4n) is 5.90. The first-order valence-corrected chi connectivity index (χ1v) is 14.0. The molecule has 5 rings (SSSR count). The Bertz CT molecular complexity index is 1270. The molecule has 12 heteroatoms. The molecule has 0 radical (unpaired) electrons. The van der Waals surface area contributed by atoms with Crippen LogP contribution in [-0.4, -0.2) is 95.0 Å². The molecule has 3 saturated heterocycles. The van der Waals surface area contributed by atoms with Crippen LogP contribution in [0.5, 0.6) is 5.75 Å². The van der Waals surface area contributed by atoms with Crippen molar-refractivity contribution in [3.05, 3.63) is 18.5 Å². The maximum atomic E-state index is 15.7. The fraction of sp³-hybridized carbons (Fsp3) is 0.643. The van der Waals surface area contributed by atoms with Crippen LogP contribution in [0.3, 0.4) is 0 Å². The van der Waals surface area contributed by atoms with Crippen molar-refractivity contribution in [3.8, 4) is 5.75 Å². The Morgan fingerprint density at radius 1 is 1.15 bits per heavy atom. The molecule has 3 fully saturated rings. The zero-order valence-corrected chi connectivity index (χ0v) is 23.7. The van der Waals surface area contributed by atoms with E-state index >= 15 is 4.39 Å². The maximum Gasteiger partial charge on any atom is 0.410 e. The van der Waals surface area contributed by atoms with Crippen molar-refractivity contribution in [2.45, 2.75) is 70.2 Å². The Hall–Kier alpha value is -3.41. The van der Waals surface area contributed by atoms with E-state index in [1.54, 1.807) is 18.2 Å². The number of nitrogens with zero attached hydrogens (tertiary/aromatic N) is 5. The molecule has 3 aliphatic rings. The lowest BCUT2D eigenvalue weighted by Crippen LogP contribution is -2.51. The van der Waals surface area contributed by atoms with Gasteiger partial charge in [0, 0.05) is 70.8 Å². The number of hydrogen-bond donors (Lipinski definition) is 1.